The van der Waals surface area contributed by atoms with Crippen LogP contribution in [0.4, 0.5) is 11.4 Å². The van der Waals surface area contributed by atoms with Crippen molar-refractivity contribution < 1.29 is 12.8 Å². The molecule has 3 aliphatic rings. The highest BCUT2D eigenvalue weighted by Crippen LogP contribution is 2.29. The predicted molar refractivity (Wildman–Crippen MR) is 193 cm³/mol. The van der Waals surface area contributed by atoms with Crippen LogP contribution in [0.2, 0.25) is 0 Å². The molecule has 6 rings (SSSR count). The number of anilines is 2. The summed E-state index contributed by atoms with van der Waals surface area (Å²) in [6.07, 6.45) is 11.0. The van der Waals surface area contributed by atoms with E-state index in [0.29, 0.717) is 39.3 Å². The second-order valence-corrected chi connectivity index (χ2v) is 16.6. The van der Waals surface area contributed by atoms with Crippen LogP contribution in [0.1, 0.15) is 51.4 Å². The SMILES string of the molecule is CN(C)c1ccc(SN2CCCN(CC3CCCCC3)CCCN(S(=O)(=O)N3CCN(c4cccc5ocnc45)CC3)CCC2)cc1. The van der Waals surface area contributed by atoms with Gasteiger partial charge in [0.15, 0.2) is 12.0 Å². The second kappa shape index (κ2) is 16.4. The number of benzene rings is 2. The van der Waals surface area contributed by atoms with Gasteiger partial charge < -0.3 is 19.1 Å². The van der Waals surface area contributed by atoms with Crippen LogP contribution in [0.3, 0.4) is 0 Å². The molecule has 0 atom stereocenters. The minimum absolute atomic E-state index is 0.464. The Labute approximate surface area is 286 Å². The molecule has 3 heterocycles. The van der Waals surface area contributed by atoms with Gasteiger partial charge in [0.25, 0.3) is 10.2 Å². The zero-order valence-electron chi connectivity index (χ0n) is 28.3. The lowest BCUT2D eigenvalue weighted by Crippen LogP contribution is -2.53. The van der Waals surface area contributed by atoms with E-state index in [1.807, 2.05) is 30.1 Å². The van der Waals surface area contributed by atoms with Crippen molar-refractivity contribution in [3.8, 4) is 0 Å². The van der Waals surface area contributed by atoms with Gasteiger partial charge in [-0.05, 0) is 99.5 Å². The first-order chi connectivity index (χ1) is 22.9. The number of hydrogen-bond donors (Lipinski definition) is 0. The van der Waals surface area contributed by atoms with Gasteiger partial charge in [0.2, 0.25) is 0 Å². The van der Waals surface area contributed by atoms with Gasteiger partial charge in [0, 0.05) is 83.6 Å². The van der Waals surface area contributed by atoms with Crippen LogP contribution in [0.5, 0.6) is 0 Å². The summed E-state index contributed by atoms with van der Waals surface area (Å²) in [6.45, 7) is 8.32. The molecular weight excluding hydrogens is 631 g/mol. The molecule has 0 radical (unpaired) electrons. The van der Waals surface area contributed by atoms with Crippen molar-refractivity contribution in [2.24, 2.45) is 5.92 Å². The molecule has 2 aromatic carbocycles. The molecular formula is C35H53N7O3S2. The molecule has 1 saturated carbocycles. The minimum atomic E-state index is -3.59. The van der Waals surface area contributed by atoms with Crippen molar-refractivity contribution in [2.75, 3.05) is 95.9 Å². The lowest BCUT2D eigenvalue weighted by Gasteiger charge is -2.38. The Morgan fingerprint density at radius 3 is 2.15 bits per heavy atom. The number of hydrogen-bond acceptors (Lipinski definition) is 9. The summed E-state index contributed by atoms with van der Waals surface area (Å²) in [5.74, 6) is 0.775. The molecule has 47 heavy (non-hydrogen) atoms. The van der Waals surface area contributed by atoms with Gasteiger partial charge >= 0.3 is 0 Å². The maximum Gasteiger partial charge on any atom is 0.282 e. The first-order valence-electron chi connectivity index (χ1n) is 17.6. The minimum Gasteiger partial charge on any atom is -0.443 e. The fraction of sp³-hybridized carbons (Fsp3) is 0.629. The molecule has 0 N–H and O–H groups in total. The topological polar surface area (TPSA) is 79.6 Å². The Morgan fingerprint density at radius 1 is 0.787 bits per heavy atom. The molecule has 1 aliphatic carbocycles. The molecule has 258 valence electrons. The molecule has 2 saturated heterocycles. The molecule has 10 nitrogen and oxygen atoms in total. The van der Waals surface area contributed by atoms with E-state index in [9.17, 15) is 8.42 Å². The van der Waals surface area contributed by atoms with Crippen molar-refractivity contribution in [3.63, 3.8) is 0 Å². The Morgan fingerprint density at radius 2 is 1.45 bits per heavy atom. The van der Waals surface area contributed by atoms with E-state index in [0.717, 1.165) is 74.7 Å². The highest BCUT2D eigenvalue weighted by atomic mass is 32.2. The van der Waals surface area contributed by atoms with Crippen LogP contribution in [-0.2, 0) is 10.2 Å². The third-order valence-electron chi connectivity index (χ3n) is 9.98. The summed E-state index contributed by atoms with van der Waals surface area (Å²) in [5.41, 5.74) is 3.79. The third kappa shape index (κ3) is 9.01. The fourth-order valence-electron chi connectivity index (χ4n) is 7.34. The van der Waals surface area contributed by atoms with Crippen molar-refractivity contribution in [1.82, 2.24) is 22.8 Å². The van der Waals surface area contributed by atoms with E-state index >= 15 is 0 Å². The quantitative estimate of drug-likeness (QED) is 0.281. The van der Waals surface area contributed by atoms with E-state index in [4.69, 9.17) is 4.42 Å². The first kappa shape index (κ1) is 34.5. The highest BCUT2D eigenvalue weighted by molar-refractivity contribution is 7.97. The third-order valence-corrected chi connectivity index (χ3v) is 13.1. The molecule has 0 unspecified atom stereocenters. The largest absolute Gasteiger partial charge is 0.443 e. The summed E-state index contributed by atoms with van der Waals surface area (Å²) in [4.78, 5) is 12.6. The van der Waals surface area contributed by atoms with E-state index in [2.05, 4.69) is 62.3 Å². The lowest BCUT2D eigenvalue weighted by molar-refractivity contribution is 0.185. The van der Waals surface area contributed by atoms with Crippen molar-refractivity contribution >= 4 is 44.6 Å². The molecule has 0 spiro atoms. The van der Waals surface area contributed by atoms with Crippen LogP contribution >= 0.6 is 11.9 Å². The van der Waals surface area contributed by atoms with Crippen molar-refractivity contribution in [2.45, 2.75) is 56.3 Å². The van der Waals surface area contributed by atoms with E-state index in [1.165, 1.54) is 49.1 Å². The Balaban J connectivity index is 1.12. The smallest absolute Gasteiger partial charge is 0.282 e. The van der Waals surface area contributed by atoms with E-state index in [-0.39, 0.29) is 0 Å². The zero-order valence-corrected chi connectivity index (χ0v) is 29.9. The summed E-state index contributed by atoms with van der Waals surface area (Å²) in [5, 5.41) is 0. The summed E-state index contributed by atoms with van der Waals surface area (Å²) in [6, 6.07) is 14.7. The van der Waals surface area contributed by atoms with Crippen molar-refractivity contribution in [1.29, 1.82) is 0 Å². The first-order valence-corrected chi connectivity index (χ1v) is 19.8. The number of fused-ring (bicyclic) bond motifs is 1. The molecule has 12 heteroatoms. The fourth-order valence-corrected chi connectivity index (χ4v) is 10.0. The average Bonchev–Trinajstić information content (AvgIpc) is 3.57. The predicted octanol–water partition coefficient (Wildman–Crippen LogP) is 5.64. The highest BCUT2D eigenvalue weighted by Gasteiger charge is 2.33. The second-order valence-electron chi connectivity index (χ2n) is 13.5. The summed E-state index contributed by atoms with van der Waals surface area (Å²) >= 11 is 1.81. The zero-order chi connectivity index (χ0) is 32.6. The molecule has 2 aliphatic heterocycles. The van der Waals surface area contributed by atoms with Gasteiger partial charge in [-0.2, -0.15) is 17.0 Å². The van der Waals surface area contributed by atoms with Crippen LogP contribution < -0.4 is 9.80 Å². The van der Waals surface area contributed by atoms with E-state index < -0.39 is 10.2 Å². The monoisotopic (exact) mass is 683 g/mol. The van der Waals surface area contributed by atoms with Gasteiger partial charge in [0.05, 0.1) is 5.69 Å². The standard InChI is InChI=1S/C35H53N7O3S2/c1-37(2)31-14-16-32(17-15-31)46-40-20-7-18-38(28-30-10-4-3-5-11-30)19-8-22-41(23-9-21-40)47(43,44)42-26-24-39(25-27-42)33-12-6-13-34-35(33)36-29-45-34/h6,12-17,29-30H,3-5,7-11,18-28H2,1-2H3. The van der Waals surface area contributed by atoms with Gasteiger partial charge in [-0.3, -0.25) is 0 Å². The molecule has 3 fully saturated rings. The normalized spacial score (nSPS) is 21.4. The van der Waals surface area contributed by atoms with Crippen LogP contribution in [0, 0.1) is 5.92 Å². The number of rotatable bonds is 8. The molecule has 3 aromatic rings. The summed E-state index contributed by atoms with van der Waals surface area (Å²) < 4.78 is 39.9. The Hall–Kier alpha value is -2.35. The van der Waals surface area contributed by atoms with E-state index in [1.54, 1.807) is 8.61 Å². The van der Waals surface area contributed by atoms with Crippen LogP contribution in [0.25, 0.3) is 11.1 Å². The van der Waals surface area contributed by atoms with Gasteiger partial charge in [0.1, 0.15) is 5.52 Å². The Bertz CT molecular complexity index is 1500. The van der Waals surface area contributed by atoms with Gasteiger partial charge in [-0.15, -0.1) is 0 Å². The number of piperazine rings is 1. The molecule has 1 aromatic heterocycles. The maximum atomic E-state index is 14.2. The van der Waals surface area contributed by atoms with Gasteiger partial charge in [-0.25, -0.2) is 9.29 Å². The van der Waals surface area contributed by atoms with Gasteiger partial charge in [-0.1, -0.05) is 25.3 Å². The summed E-state index contributed by atoms with van der Waals surface area (Å²) in [7, 11) is 0.544. The van der Waals surface area contributed by atoms with Crippen molar-refractivity contribution in [3.05, 3.63) is 48.9 Å². The number of para-hydroxylation sites is 1. The van der Waals surface area contributed by atoms with Crippen LogP contribution in [-0.4, -0.2) is 117 Å². The van der Waals surface area contributed by atoms with Crippen LogP contribution in [0.15, 0.2) is 58.2 Å². The number of aromatic nitrogens is 1. The Kier molecular flexibility index (Phi) is 12.0. The number of nitrogens with zero attached hydrogens (tertiary/aromatic N) is 7. The number of oxazole rings is 1. The lowest BCUT2D eigenvalue weighted by atomic mass is 9.89. The molecule has 0 bridgehead atoms. The maximum absolute atomic E-state index is 14.2. The average molecular weight is 684 g/mol. The molecule has 0 amide bonds.